The van der Waals surface area contributed by atoms with Crippen LogP contribution in [0, 0.1) is 17.7 Å². The van der Waals surface area contributed by atoms with E-state index in [1.54, 1.807) is 12.1 Å². The summed E-state index contributed by atoms with van der Waals surface area (Å²) in [5.41, 5.74) is 4.09. The first kappa shape index (κ1) is 38.8. The van der Waals surface area contributed by atoms with Gasteiger partial charge in [0, 0.05) is 41.0 Å². The van der Waals surface area contributed by atoms with Crippen LogP contribution in [0.25, 0.3) is 33.3 Å². The number of nitrogens with zero attached hydrogens (tertiary/aromatic N) is 4. The number of hydrogen-bond donors (Lipinski definition) is 2. The van der Waals surface area contributed by atoms with E-state index in [2.05, 4.69) is 20.8 Å². The fraction of sp³-hybridized carbons (Fsp3) is 0.208. The van der Waals surface area contributed by atoms with Crippen LogP contribution in [0.3, 0.4) is 0 Å². The van der Waals surface area contributed by atoms with E-state index in [1.807, 2.05) is 103 Å². The van der Waals surface area contributed by atoms with E-state index in [9.17, 15) is 23.6 Å². The predicted octanol–water partition coefficient (Wildman–Crippen LogP) is 9.83. The number of carbonyl (C=O) groups excluding carboxylic acids is 2. The molecular weight excluding hydrogens is 744 g/mol. The predicted molar refractivity (Wildman–Crippen MR) is 230 cm³/mol. The largest absolute Gasteiger partial charge is 0.350 e. The highest BCUT2D eigenvalue weighted by Crippen LogP contribution is 2.34. The summed E-state index contributed by atoms with van der Waals surface area (Å²) >= 11 is 0. The number of benzene rings is 5. The third-order valence-corrected chi connectivity index (χ3v) is 10.5. The molecule has 11 heteroatoms. The van der Waals surface area contributed by atoms with Crippen molar-refractivity contribution < 1.29 is 14.0 Å². The second kappa shape index (κ2) is 16.8. The highest BCUT2D eigenvalue weighted by atomic mass is 19.1. The molecule has 2 aromatic heterocycles. The average molecular weight is 787 g/mol. The minimum atomic E-state index is -0.426. The lowest BCUT2D eigenvalue weighted by molar-refractivity contribution is 0.101. The van der Waals surface area contributed by atoms with Gasteiger partial charge in [-0.3, -0.25) is 19.2 Å². The lowest BCUT2D eigenvalue weighted by atomic mass is 10.0. The van der Waals surface area contributed by atoms with E-state index in [-0.39, 0.29) is 33.9 Å². The number of carbonyl (C=O) groups is 2. The molecule has 2 aliphatic rings. The summed E-state index contributed by atoms with van der Waals surface area (Å²) < 4.78 is 16.6. The van der Waals surface area contributed by atoms with Crippen molar-refractivity contribution in [1.82, 2.24) is 19.6 Å². The summed E-state index contributed by atoms with van der Waals surface area (Å²) in [5.74, 6) is 0.0112. The minimum absolute atomic E-state index is 0.132. The van der Waals surface area contributed by atoms with E-state index in [0.717, 1.165) is 53.3 Å². The molecule has 7 aromatic rings. The van der Waals surface area contributed by atoms with Crippen molar-refractivity contribution in [1.29, 1.82) is 0 Å². The summed E-state index contributed by atoms with van der Waals surface area (Å²) in [6.45, 7) is 3.98. The molecule has 0 bridgehead atoms. The molecule has 9 rings (SSSR count). The van der Waals surface area contributed by atoms with Gasteiger partial charge in [-0.15, -0.1) is 0 Å². The molecule has 296 valence electrons. The second-order valence-electron chi connectivity index (χ2n) is 15.2. The molecule has 2 fully saturated rings. The molecule has 5 aromatic carbocycles. The highest BCUT2D eigenvalue weighted by Gasteiger charge is 2.29. The summed E-state index contributed by atoms with van der Waals surface area (Å²) in [4.78, 5) is 51.9. The Kier molecular flexibility index (Phi) is 11.1. The van der Waals surface area contributed by atoms with Crippen molar-refractivity contribution >= 4 is 45.1 Å². The van der Waals surface area contributed by atoms with Crippen LogP contribution in [0.15, 0.2) is 137 Å². The number of hydrogen-bond acceptors (Lipinski definition) is 8. The van der Waals surface area contributed by atoms with Crippen LogP contribution in [0.4, 0.5) is 27.1 Å². The van der Waals surface area contributed by atoms with Crippen LogP contribution in [0.1, 0.15) is 60.2 Å². The van der Waals surface area contributed by atoms with Crippen molar-refractivity contribution in [3.63, 3.8) is 0 Å². The van der Waals surface area contributed by atoms with Crippen LogP contribution in [0.5, 0.6) is 0 Å². The Hall–Kier alpha value is -7.01. The molecule has 0 spiro atoms. The van der Waals surface area contributed by atoms with Gasteiger partial charge in [-0.05, 0) is 81.0 Å². The van der Waals surface area contributed by atoms with Gasteiger partial charge in [0.1, 0.15) is 28.6 Å². The fourth-order valence-electron chi connectivity index (χ4n) is 7.17. The van der Waals surface area contributed by atoms with Crippen molar-refractivity contribution in [3.8, 4) is 22.5 Å². The monoisotopic (exact) mass is 786 g/mol. The number of aromatic nitrogens is 4. The lowest BCUT2D eigenvalue weighted by Gasteiger charge is -2.17. The van der Waals surface area contributed by atoms with E-state index in [4.69, 9.17) is 0 Å². The van der Waals surface area contributed by atoms with Crippen molar-refractivity contribution in [2.45, 2.75) is 52.6 Å². The summed E-state index contributed by atoms with van der Waals surface area (Å²) in [6.07, 6.45) is 4.34. The standard InChI is InChI=1S/C26H23N3O2.C22H20FN3O2/c1-17(30)23-24(20-9-3-2-4-10-20)28-29(16-18-14-15-18)26(31)25(23)27-22-13-7-11-19-8-5-6-12-21(19)22;1-14(27)19-20(16-6-3-2-4-7-16)25-26(13-15-10-11-15)22(28)21(19)24-18-9-5-8-17(23)12-18/h2-13,18,27H,14-16H2,1H3;2-9,12,15,24H,10-11,13H2,1H3. The van der Waals surface area contributed by atoms with Gasteiger partial charge < -0.3 is 10.6 Å². The molecule has 59 heavy (non-hydrogen) atoms. The number of Topliss-reactive ketones (excluding diaryl/α,β-unsaturated/α-hetero) is 2. The molecule has 0 unspecified atom stereocenters. The number of fused-ring (bicyclic) bond motifs is 1. The maximum absolute atomic E-state index is 13.6. The van der Waals surface area contributed by atoms with Crippen LogP contribution < -0.4 is 21.8 Å². The Morgan fingerprint density at radius 1 is 0.610 bits per heavy atom. The SMILES string of the molecule is CC(=O)c1c(-c2ccccc2)nn(CC2CC2)c(=O)c1Nc1cccc(F)c1.CC(=O)c1c(-c2ccccc2)nn(CC2CC2)c(=O)c1Nc1cccc2ccccc12. The van der Waals surface area contributed by atoms with Gasteiger partial charge in [-0.1, -0.05) is 103 Å². The lowest BCUT2D eigenvalue weighted by Crippen LogP contribution is -2.29. The Morgan fingerprint density at radius 3 is 1.59 bits per heavy atom. The quantitative estimate of drug-likeness (QED) is 0.117. The van der Waals surface area contributed by atoms with Crippen molar-refractivity contribution in [2.75, 3.05) is 10.6 Å². The normalized spacial score (nSPS) is 13.3. The first-order chi connectivity index (χ1) is 28.6. The van der Waals surface area contributed by atoms with Gasteiger partial charge in [0.05, 0.1) is 11.1 Å². The molecule has 2 N–H and O–H groups in total. The molecule has 0 saturated heterocycles. The van der Waals surface area contributed by atoms with Crippen molar-refractivity contribution in [2.24, 2.45) is 11.8 Å². The molecular formula is C48H43FN6O4. The third-order valence-electron chi connectivity index (χ3n) is 10.5. The number of nitrogens with one attached hydrogen (secondary N) is 2. The van der Waals surface area contributed by atoms with E-state index >= 15 is 0 Å². The Bertz CT molecular complexity index is 2810. The number of halogens is 1. The second-order valence-corrected chi connectivity index (χ2v) is 15.2. The molecule has 0 atom stereocenters. The Balaban J connectivity index is 0.000000165. The van der Waals surface area contributed by atoms with Crippen molar-refractivity contribution in [3.05, 3.63) is 165 Å². The van der Waals surface area contributed by atoms with Gasteiger partial charge in [0.15, 0.2) is 11.6 Å². The molecule has 2 heterocycles. The maximum Gasteiger partial charge on any atom is 0.291 e. The third kappa shape index (κ3) is 8.79. The fourth-order valence-corrected chi connectivity index (χ4v) is 7.17. The zero-order valence-electron chi connectivity index (χ0n) is 32.8. The maximum atomic E-state index is 13.6. The molecule has 2 saturated carbocycles. The number of rotatable bonds is 12. The molecule has 0 amide bonds. The van der Waals surface area contributed by atoms with E-state index in [1.165, 1.54) is 35.3 Å². The van der Waals surface area contributed by atoms with E-state index in [0.29, 0.717) is 53.3 Å². The van der Waals surface area contributed by atoms with E-state index < -0.39 is 5.82 Å². The zero-order valence-corrected chi connectivity index (χ0v) is 32.8. The van der Waals surface area contributed by atoms with Gasteiger partial charge >= 0.3 is 0 Å². The van der Waals surface area contributed by atoms with Gasteiger partial charge in [-0.2, -0.15) is 10.2 Å². The van der Waals surface area contributed by atoms with Crippen LogP contribution >= 0.6 is 0 Å². The number of ketones is 2. The average Bonchev–Trinajstić information content (AvgIpc) is 4.19. The molecule has 10 nitrogen and oxygen atoms in total. The number of anilines is 4. The summed E-state index contributed by atoms with van der Waals surface area (Å²) in [6, 6.07) is 38.6. The minimum Gasteiger partial charge on any atom is -0.350 e. The summed E-state index contributed by atoms with van der Waals surface area (Å²) in [7, 11) is 0. The van der Waals surface area contributed by atoms with Gasteiger partial charge in [-0.25, -0.2) is 13.8 Å². The molecule has 0 radical (unpaired) electrons. The molecule has 2 aliphatic carbocycles. The van der Waals surface area contributed by atoms with Gasteiger partial charge in [0.25, 0.3) is 11.1 Å². The van der Waals surface area contributed by atoms with Crippen LogP contribution in [-0.2, 0) is 13.1 Å². The van der Waals surface area contributed by atoms with Gasteiger partial charge in [0.2, 0.25) is 0 Å². The zero-order chi connectivity index (χ0) is 41.0. The smallest absolute Gasteiger partial charge is 0.291 e. The summed E-state index contributed by atoms with van der Waals surface area (Å²) in [5, 5.41) is 17.5. The molecule has 0 aliphatic heterocycles. The first-order valence-corrected chi connectivity index (χ1v) is 19.8. The first-order valence-electron chi connectivity index (χ1n) is 19.8. The van der Waals surface area contributed by atoms with Crippen LogP contribution in [0.2, 0.25) is 0 Å². The van der Waals surface area contributed by atoms with Crippen LogP contribution in [-0.4, -0.2) is 31.1 Å². The Labute approximate surface area is 340 Å². The Morgan fingerprint density at radius 2 is 1.08 bits per heavy atom. The topological polar surface area (TPSA) is 128 Å². The highest BCUT2D eigenvalue weighted by molar-refractivity contribution is 6.07.